The van der Waals surface area contributed by atoms with Gasteiger partial charge in [-0.1, -0.05) is 12.1 Å². The van der Waals surface area contributed by atoms with E-state index in [2.05, 4.69) is 9.72 Å². The van der Waals surface area contributed by atoms with Crippen LogP contribution in [0.2, 0.25) is 0 Å². The van der Waals surface area contributed by atoms with Crippen molar-refractivity contribution in [3.05, 3.63) is 34.8 Å². The highest BCUT2D eigenvalue weighted by atomic mass is 32.1. The van der Waals surface area contributed by atoms with Gasteiger partial charge >= 0.3 is 6.16 Å². The number of hydrogen-bond donors (Lipinski definition) is 1. The Hall–Kier alpha value is -2.39. The first-order valence-electron chi connectivity index (χ1n) is 4.99. The van der Waals surface area contributed by atoms with Crippen LogP contribution in [-0.4, -0.2) is 16.2 Å². The van der Waals surface area contributed by atoms with E-state index < -0.39 is 6.16 Å². The van der Waals surface area contributed by atoms with Crippen molar-refractivity contribution in [2.75, 3.05) is 0 Å². The van der Waals surface area contributed by atoms with Gasteiger partial charge in [0.15, 0.2) is 0 Å². The van der Waals surface area contributed by atoms with Gasteiger partial charge in [-0.3, -0.25) is 0 Å². The van der Waals surface area contributed by atoms with Crippen LogP contribution in [0.1, 0.15) is 10.6 Å². The van der Waals surface area contributed by atoms with Crippen LogP contribution in [0, 0.1) is 18.3 Å². The Kier molecular flexibility index (Phi) is 3.26. The molecule has 0 aliphatic carbocycles. The lowest BCUT2D eigenvalue weighted by Gasteiger charge is -2.01. The second-order valence-electron chi connectivity index (χ2n) is 3.43. The van der Waals surface area contributed by atoms with E-state index in [9.17, 15) is 4.79 Å². The summed E-state index contributed by atoms with van der Waals surface area (Å²) in [4.78, 5) is 15.2. The molecule has 2 aromatic rings. The number of carboxylic acid groups (broad SMARTS) is 1. The van der Waals surface area contributed by atoms with Crippen LogP contribution in [0.4, 0.5) is 4.79 Å². The van der Waals surface area contributed by atoms with Crippen molar-refractivity contribution in [3.8, 4) is 22.4 Å². The van der Waals surface area contributed by atoms with Gasteiger partial charge in [0.05, 0.1) is 21.5 Å². The average Bonchev–Trinajstić information content (AvgIpc) is 2.69. The molecule has 0 atom stereocenters. The first kappa shape index (κ1) is 12.1. The molecule has 1 heterocycles. The third-order valence-electron chi connectivity index (χ3n) is 2.14. The van der Waals surface area contributed by atoms with Crippen LogP contribution < -0.4 is 4.74 Å². The largest absolute Gasteiger partial charge is 0.512 e. The second-order valence-corrected chi connectivity index (χ2v) is 4.63. The number of aryl methyl sites for hydroxylation is 1. The minimum absolute atomic E-state index is 0.0556. The maximum atomic E-state index is 10.6. The topological polar surface area (TPSA) is 83.2 Å². The van der Waals surface area contributed by atoms with Gasteiger partial charge in [-0.2, -0.15) is 5.26 Å². The number of benzene rings is 1. The Morgan fingerprint density at radius 3 is 3.00 bits per heavy atom. The van der Waals surface area contributed by atoms with E-state index in [0.29, 0.717) is 15.4 Å². The summed E-state index contributed by atoms with van der Waals surface area (Å²) >= 11 is 1.32. The number of thiazole rings is 1. The van der Waals surface area contributed by atoms with Crippen molar-refractivity contribution in [2.45, 2.75) is 6.92 Å². The normalized spacial score (nSPS) is 9.78. The van der Waals surface area contributed by atoms with E-state index >= 15 is 0 Å². The molecule has 1 N–H and O–H groups in total. The second kappa shape index (κ2) is 4.85. The van der Waals surface area contributed by atoms with Crippen molar-refractivity contribution in [1.82, 2.24) is 4.98 Å². The number of rotatable bonds is 2. The first-order valence-corrected chi connectivity index (χ1v) is 5.80. The van der Waals surface area contributed by atoms with E-state index in [0.717, 1.165) is 5.56 Å². The van der Waals surface area contributed by atoms with Crippen LogP contribution in [0.3, 0.4) is 0 Å². The Morgan fingerprint density at radius 2 is 2.33 bits per heavy atom. The number of aromatic nitrogens is 1. The van der Waals surface area contributed by atoms with Crippen LogP contribution in [0.5, 0.6) is 5.88 Å². The minimum atomic E-state index is -1.40. The predicted molar refractivity (Wildman–Crippen MR) is 65.7 cm³/mol. The van der Waals surface area contributed by atoms with E-state index in [4.69, 9.17) is 10.4 Å². The smallest absolute Gasteiger partial charge is 0.449 e. The molecular formula is C12H8N2O3S. The van der Waals surface area contributed by atoms with Gasteiger partial charge in [-0.05, 0) is 24.6 Å². The molecule has 90 valence electrons. The standard InChI is InChI=1S/C12H8N2O3S/c1-7-14-11(17-12(15)16)10(18-7)9-4-2-3-8(5-9)6-13/h2-5H,1H3,(H,15,16). The fraction of sp³-hybridized carbons (Fsp3) is 0.0833. The van der Waals surface area contributed by atoms with E-state index in [1.807, 2.05) is 6.07 Å². The Labute approximate surface area is 107 Å². The number of ether oxygens (including phenoxy) is 1. The average molecular weight is 260 g/mol. The summed E-state index contributed by atoms with van der Waals surface area (Å²) in [6, 6.07) is 8.89. The summed E-state index contributed by atoms with van der Waals surface area (Å²) < 4.78 is 4.63. The lowest BCUT2D eigenvalue weighted by Crippen LogP contribution is -2.04. The third-order valence-corrected chi connectivity index (χ3v) is 3.14. The van der Waals surface area contributed by atoms with Gasteiger partial charge in [0.25, 0.3) is 0 Å². The summed E-state index contributed by atoms with van der Waals surface area (Å²) in [5.74, 6) is 0.0556. The molecule has 18 heavy (non-hydrogen) atoms. The minimum Gasteiger partial charge on any atom is -0.449 e. The summed E-state index contributed by atoms with van der Waals surface area (Å²) in [6.07, 6.45) is -1.40. The van der Waals surface area contributed by atoms with E-state index in [1.165, 1.54) is 11.3 Å². The molecule has 0 aliphatic heterocycles. The van der Waals surface area contributed by atoms with Gasteiger partial charge in [-0.15, -0.1) is 11.3 Å². The zero-order chi connectivity index (χ0) is 13.1. The quantitative estimate of drug-likeness (QED) is 0.839. The van der Waals surface area contributed by atoms with Gasteiger partial charge in [0, 0.05) is 0 Å². The molecule has 5 nitrogen and oxygen atoms in total. The molecule has 0 unspecified atom stereocenters. The molecule has 1 aromatic heterocycles. The molecule has 0 bridgehead atoms. The zero-order valence-corrected chi connectivity index (χ0v) is 10.2. The highest BCUT2D eigenvalue weighted by Gasteiger charge is 2.15. The SMILES string of the molecule is Cc1nc(OC(=O)O)c(-c2cccc(C#N)c2)s1. The Bertz CT molecular complexity index is 643. The van der Waals surface area contributed by atoms with Crippen molar-refractivity contribution < 1.29 is 14.6 Å². The van der Waals surface area contributed by atoms with Gasteiger partial charge in [0.2, 0.25) is 5.88 Å². The van der Waals surface area contributed by atoms with E-state index in [1.54, 1.807) is 31.2 Å². The molecule has 0 aliphatic rings. The lowest BCUT2D eigenvalue weighted by molar-refractivity contribution is 0.143. The fourth-order valence-corrected chi connectivity index (χ4v) is 2.32. The maximum Gasteiger partial charge on any atom is 0.512 e. The molecule has 1 aromatic carbocycles. The molecule has 6 heteroatoms. The number of nitrogens with zero attached hydrogens (tertiary/aromatic N) is 2. The zero-order valence-electron chi connectivity index (χ0n) is 9.38. The van der Waals surface area contributed by atoms with Crippen molar-refractivity contribution in [3.63, 3.8) is 0 Å². The van der Waals surface area contributed by atoms with Crippen molar-refractivity contribution >= 4 is 17.5 Å². The van der Waals surface area contributed by atoms with Gasteiger partial charge in [-0.25, -0.2) is 9.78 Å². The van der Waals surface area contributed by atoms with Gasteiger partial charge < -0.3 is 9.84 Å². The van der Waals surface area contributed by atoms with Crippen LogP contribution >= 0.6 is 11.3 Å². The summed E-state index contributed by atoms with van der Waals surface area (Å²) in [5, 5.41) is 18.2. The van der Waals surface area contributed by atoms with Crippen molar-refractivity contribution in [2.24, 2.45) is 0 Å². The van der Waals surface area contributed by atoms with Crippen LogP contribution in [0.25, 0.3) is 10.4 Å². The third kappa shape index (κ3) is 2.47. The monoisotopic (exact) mass is 260 g/mol. The number of carbonyl (C=O) groups is 1. The Balaban J connectivity index is 2.49. The number of hydrogen-bond acceptors (Lipinski definition) is 5. The number of nitriles is 1. The van der Waals surface area contributed by atoms with Gasteiger partial charge in [0.1, 0.15) is 0 Å². The molecule has 0 fully saturated rings. The maximum absolute atomic E-state index is 10.6. The molecule has 0 saturated heterocycles. The predicted octanol–water partition coefficient (Wildman–Crippen LogP) is 3.05. The highest BCUT2D eigenvalue weighted by molar-refractivity contribution is 7.15. The Morgan fingerprint density at radius 1 is 1.56 bits per heavy atom. The van der Waals surface area contributed by atoms with E-state index in [-0.39, 0.29) is 5.88 Å². The summed E-state index contributed by atoms with van der Waals surface area (Å²) in [6.45, 7) is 1.76. The molecule has 0 saturated carbocycles. The first-order chi connectivity index (χ1) is 8.60. The summed E-state index contributed by atoms with van der Waals surface area (Å²) in [7, 11) is 0. The molecule has 0 spiro atoms. The fourth-order valence-electron chi connectivity index (χ4n) is 1.47. The molecule has 0 radical (unpaired) electrons. The van der Waals surface area contributed by atoms with Crippen LogP contribution in [0.15, 0.2) is 24.3 Å². The molecule has 2 rings (SSSR count). The lowest BCUT2D eigenvalue weighted by atomic mass is 10.1. The molecular weight excluding hydrogens is 252 g/mol. The summed E-state index contributed by atoms with van der Waals surface area (Å²) in [5.41, 5.74) is 1.22. The highest BCUT2D eigenvalue weighted by Crippen LogP contribution is 2.35. The van der Waals surface area contributed by atoms with Crippen molar-refractivity contribution in [1.29, 1.82) is 5.26 Å². The van der Waals surface area contributed by atoms with Crippen LogP contribution in [-0.2, 0) is 0 Å². The molecule has 0 amide bonds.